The van der Waals surface area contributed by atoms with Crippen LogP contribution in [0.5, 0.6) is 0 Å². The Kier molecular flexibility index (Phi) is 5.19. The van der Waals surface area contributed by atoms with Crippen molar-refractivity contribution in [2.75, 3.05) is 0 Å². The summed E-state index contributed by atoms with van der Waals surface area (Å²) in [6, 6.07) is 4.97. The minimum atomic E-state index is -0.375. The molecule has 1 rings (SSSR count). The minimum absolute atomic E-state index is 0.00460. The summed E-state index contributed by atoms with van der Waals surface area (Å²) in [5.41, 5.74) is 1.22. The topological polar surface area (TPSA) is 43.1 Å². The summed E-state index contributed by atoms with van der Waals surface area (Å²) in [5, 5.41) is 10.7. The van der Waals surface area contributed by atoms with Gasteiger partial charge in [0.2, 0.25) is 0 Å². The Bertz CT molecular complexity index is 413. The third-order valence-electron chi connectivity index (χ3n) is 2.77. The summed E-state index contributed by atoms with van der Waals surface area (Å²) in [5.74, 6) is 0.613. The quantitative estimate of drug-likeness (QED) is 0.339. The SMILES string of the molecule is CC(C)C(c1ccc([N+](=O)[O-])cc1I)C(C)Cl. The van der Waals surface area contributed by atoms with Crippen LogP contribution in [0, 0.1) is 19.6 Å². The molecule has 0 saturated heterocycles. The van der Waals surface area contributed by atoms with Crippen molar-refractivity contribution in [3.05, 3.63) is 37.4 Å². The van der Waals surface area contributed by atoms with Gasteiger partial charge in [-0.1, -0.05) is 19.9 Å². The first-order valence-corrected chi connectivity index (χ1v) is 6.94. The first-order chi connectivity index (χ1) is 7.84. The second kappa shape index (κ2) is 6.00. The molecule has 0 aliphatic carbocycles. The Hall–Kier alpha value is -0.360. The van der Waals surface area contributed by atoms with Crippen LogP contribution in [0.15, 0.2) is 18.2 Å². The molecule has 0 bridgehead atoms. The molecule has 0 fully saturated rings. The maximum absolute atomic E-state index is 10.7. The second-order valence-electron chi connectivity index (χ2n) is 4.41. The van der Waals surface area contributed by atoms with Crippen LogP contribution in [0.25, 0.3) is 0 Å². The summed E-state index contributed by atoms with van der Waals surface area (Å²) in [6.07, 6.45) is 0. The van der Waals surface area contributed by atoms with E-state index in [0.29, 0.717) is 5.92 Å². The molecule has 3 nitrogen and oxygen atoms in total. The number of hydrogen-bond donors (Lipinski definition) is 0. The zero-order valence-electron chi connectivity index (χ0n) is 9.98. The van der Waals surface area contributed by atoms with Gasteiger partial charge in [-0.25, -0.2) is 0 Å². The predicted octanol–water partition coefficient (Wildman–Crippen LogP) is 4.57. The molecule has 5 heteroatoms. The Morgan fingerprint density at radius 3 is 2.29 bits per heavy atom. The first-order valence-electron chi connectivity index (χ1n) is 5.42. The van der Waals surface area contributed by atoms with Gasteiger partial charge < -0.3 is 0 Å². The third-order valence-corrected chi connectivity index (χ3v) is 3.97. The molecule has 0 spiro atoms. The fourth-order valence-electron chi connectivity index (χ4n) is 2.04. The number of nitrogens with zero attached hydrogens (tertiary/aromatic N) is 1. The van der Waals surface area contributed by atoms with Crippen LogP contribution < -0.4 is 0 Å². The average molecular weight is 368 g/mol. The van der Waals surface area contributed by atoms with Crippen molar-refractivity contribution in [3.8, 4) is 0 Å². The number of alkyl halides is 1. The molecule has 2 atom stereocenters. The standard InChI is InChI=1S/C12H15ClINO2/c1-7(2)12(8(3)13)10-5-4-9(15(16)17)6-11(10)14/h4-8,12H,1-3H3. The molecule has 1 aromatic rings. The highest BCUT2D eigenvalue weighted by Crippen LogP contribution is 2.35. The number of halogens is 2. The van der Waals surface area contributed by atoms with Gasteiger partial charge in [0.25, 0.3) is 5.69 Å². The van der Waals surface area contributed by atoms with Crippen molar-refractivity contribution in [2.45, 2.75) is 32.1 Å². The van der Waals surface area contributed by atoms with E-state index in [4.69, 9.17) is 11.6 Å². The number of nitro benzene ring substituents is 1. The Labute approximate surface area is 120 Å². The number of non-ortho nitro benzene ring substituents is 1. The van der Waals surface area contributed by atoms with Crippen LogP contribution >= 0.6 is 34.2 Å². The lowest BCUT2D eigenvalue weighted by molar-refractivity contribution is -0.385. The fraction of sp³-hybridized carbons (Fsp3) is 0.500. The van der Waals surface area contributed by atoms with Gasteiger partial charge in [0, 0.05) is 27.0 Å². The lowest BCUT2D eigenvalue weighted by atomic mass is 9.86. The van der Waals surface area contributed by atoms with Crippen LogP contribution in [0.2, 0.25) is 0 Å². The summed E-state index contributed by atoms with van der Waals surface area (Å²) >= 11 is 8.35. The van der Waals surface area contributed by atoms with Crippen molar-refractivity contribution in [1.82, 2.24) is 0 Å². The van der Waals surface area contributed by atoms with E-state index in [1.165, 1.54) is 0 Å². The summed E-state index contributed by atoms with van der Waals surface area (Å²) in [4.78, 5) is 10.3. The van der Waals surface area contributed by atoms with Crippen molar-refractivity contribution >= 4 is 39.9 Å². The number of hydrogen-bond acceptors (Lipinski definition) is 2. The van der Waals surface area contributed by atoms with E-state index >= 15 is 0 Å². The van der Waals surface area contributed by atoms with Crippen molar-refractivity contribution in [2.24, 2.45) is 5.92 Å². The maximum atomic E-state index is 10.7. The monoisotopic (exact) mass is 367 g/mol. The number of nitro groups is 1. The van der Waals surface area contributed by atoms with Gasteiger partial charge in [-0.3, -0.25) is 10.1 Å². The molecule has 0 aliphatic heterocycles. The van der Waals surface area contributed by atoms with Crippen molar-refractivity contribution < 1.29 is 4.92 Å². The molecule has 0 aromatic heterocycles. The Morgan fingerprint density at radius 2 is 1.94 bits per heavy atom. The molecular weight excluding hydrogens is 352 g/mol. The molecule has 94 valence electrons. The minimum Gasteiger partial charge on any atom is -0.258 e. The summed E-state index contributed by atoms with van der Waals surface area (Å²) < 4.78 is 0.906. The van der Waals surface area contributed by atoms with Gasteiger partial charge in [0.05, 0.1) is 4.92 Å². The van der Waals surface area contributed by atoms with Gasteiger partial charge in [0.15, 0.2) is 0 Å². The highest BCUT2D eigenvalue weighted by molar-refractivity contribution is 14.1. The predicted molar refractivity (Wildman–Crippen MR) is 78.7 cm³/mol. The molecular formula is C12H15ClINO2. The van der Waals surface area contributed by atoms with Crippen LogP contribution in [0.3, 0.4) is 0 Å². The maximum Gasteiger partial charge on any atom is 0.270 e. The van der Waals surface area contributed by atoms with Crippen LogP contribution in [0.1, 0.15) is 32.3 Å². The van der Waals surface area contributed by atoms with E-state index in [-0.39, 0.29) is 21.9 Å². The van der Waals surface area contributed by atoms with E-state index < -0.39 is 0 Å². The Balaban J connectivity index is 3.18. The lowest BCUT2D eigenvalue weighted by Gasteiger charge is -2.24. The van der Waals surface area contributed by atoms with E-state index in [1.807, 2.05) is 13.0 Å². The van der Waals surface area contributed by atoms with E-state index in [0.717, 1.165) is 9.13 Å². The van der Waals surface area contributed by atoms with E-state index in [9.17, 15) is 10.1 Å². The molecule has 1 aromatic carbocycles. The smallest absolute Gasteiger partial charge is 0.258 e. The van der Waals surface area contributed by atoms with Gasteiger partial charge in [-0.05, 0) is 41.0 Å². The average Bonchev–Trinajstić information content (AvgIpc) is 2.19. The first kappa shape index (κ1) is 14.7. The third kappa shape index (κ3) is 3.55. The molecule has 0 saturated carbocycles. The van der Waals surface area contributed by atoms with Gasteiger partial charge >= 0.3 is 0 Å². The van der Waals surface area contributed by atoms with Crippen LogP contribution in [0.4, 0.5) is 5.69 Å². The summed E-state index contributed by atoms with van der Waals surface area (Å²) in [6.45, 7) is 6.19. The second-order valence-corrected chi connectivity index (χ2v) is 6.26. The van der Waals surface area contributed by atoms with Crippen molar-refractivity contribution in [3.63, 3.8) is 0 Å². The van der Waals surface area contributed by atoms with Gasteiger partial charge in [0.1, 0.15) is 0 Å². The largest absolute Gasteiger partial charge is 0.270 e. The number of rotatable bonds is 4. The van der Waals surface area contributed by atoms with Crippen LogP contribution in [-0.4, -0.2) is 10.3 Å². The van der Waals surface area contributed by atoms with Gasteiger partial charge in [-0.2, -0.15) is 0 Å². The van der Waals surface area contributed by atoms with E-state index in [1.54, 1.807) is 12.1 Å². The zero-order valence-corrected chi connectivity index (χ0v) is 12.9. The lowest BCUT2D eigenvalue weighted by Crippen LogP contribution is -2.17. The summed E-state index contributed by atoms with van der Waals surface area (Å²) in [7, 11) is 0. The molecule has 2 unspecified atom stereocenters. The fourth-order valence-corrected chi connectivity index (χ4v) is 3.32. The normalized spacial score (nSPS) is 14.7. The molecule has 0 heterocycles. The zero-order chi connectivity index (χ0) is 13.2. The van der Waals surface area contributed by atoms with Crippen molar-refractivity contribution in [1.29, 1.82) is 0 Å². The molecule has 0 radical (unpaired) electrons. The highest BCUT2D eigenvalue weighted by atomic mass is 127. The van der Waals surface area contributed by atoms with Crippen LogP contribution in [-0.2, 0) is 0 Å². The molecule has 0 aliphatic rings. The highest BCUT2D eigenvalue weighted by Gasteiger charge is 2.24. The van der Waals surface area contributed by atoms with Gasteiger partial charge in [-0.15, -0.1) is 11.6 Å². The molecule has 0 amide bonds. The molecule has 0 N–H and O–H groups in total. The Morgan fingerprint density at radius 1 is 1.35 bits per heavy atom. The molecule has 17 heavy (non-hydrogen) atoms. The van der Waals surface area contributed by atoms with E-state index in [2.05, 4.69) is 36.4 Å². The number of benzene rings is 1.